The minimum atomic E-state index is -0.496. The van der Waals surface area contributed by atoms with Crippen LogP contribution in [-0.2, 0) is 13.2 Å². The van der Waals surface area contributed by atoms with Crippen LogP contribution in [0.25, 0.3) is 11.1 Å². The van der Waals surface area contributed by atoms with E-state index in [1.54, 1.807) is 36.8 Å². The van der Waals surface area contributed by atoms with Crippen molar-refractivity contribution in [1.29, 1.82) is 0 Å². The molecule has 4 rings (SSSR count). The Morgan fingerprint density at radius 2 is 2.09 bits per heavy atom. The molecule has 1 fully saturated rings. The Hall–Kier alpha value is -3.52. The van der Waals surface area contributed by atoms with Crippen LogP contribution in [0.1, 0.15) is 34.3 Å². The minimum absolute atomic E-state index is 0.126. The molecule has 1 aliphatic rings. The third kappa shape index (κ3) is 5.03. The highest BCUT2D eigenvalue weighted by molar-refractivity contribution is 5.97. The monoisotopic (exact) mass is 437 g/mol. The molecule has 2 heterocycles. The van der Waals surface area contributed by atoms with Gasteiger partial charge in [0.1, 0.15) is 5.56 Å². The van der Waals surface area contributed by atoms with Gasteiger partial charge in [0.2, 0.25) is 5.88 Å². The van der Waals surface area contributed by atoms with E-state index in [0.717, 1.165) is 12.8 Å². The van der Waals surface area contributed by atoms with Gasteiger partial charge in [-0.3, -0.25) is 9.78 Å². The van der Waals surface area contributed by atoms with Gasteiger partial charge in [-0.1, -0.05) is 6.07 Å². The number of carbonyl (C=O) groups excluding carboxylic acids is 1. The average molecular weight is 437 g/mol. The van der Waals surface area contributed by atoms with Crippen LogP contribution in [0.15, 0.2) is 48.9 Å². The molecule has 1 amide bonds. The number of nitrogens with zero attached hydrogens (tertiary/aromatic N) is 2. The molecular weight excluding hydrogens is 413 g/mol. The molecule has 2 aromatic heterocycles. The van der Waals surface area contributed by atoms with E-state index in [9.17, 15) is 14.3 Å². The summed E-state index contributed by atoms with van der Waals surface area (Å²) in [5.74, 6) is -0.00772. The van der Waals surface area contributed by atoms with Gasteiger partial charge in [0.25, 0.3) is 5.91 Å². The molecule has 0 radical (unpaired) electrons. The average Bonchev–Trinajstić information content (AvgIpc) is 3.66. The first kappa shape index (κ1) is 21.7. The van der Waals surface area contributed by atoms with Gasteiger partial charge in [-0.05, 0) is 54.2 Å². The van der Waals surface area contributed by atoms with E-state index >= 15 is 0 Å². The lowest BCUT2D eigenvalue weighted by Gasteiger charge is -2.14. The van der Waals surface area contributed by atoms with Crippen LogP contribution < -0.4 is 14.8 Å². The van der Waals surface area contributed by atoms with Gasteiger partial charge in [0.15, 0.2) is 11.6 Å². The molecule has 32 heavy (non-hydrogen) atoms. The van der Waals surface area contributed by atoms with Crippen molar-refractivity contribution in [2.24, 2.45) is 5.92 Å². The summed E-state index contributed by atoms with van der Waals surface area (Å²) in [5.41, 5.74) is 2.86. The number of hydrogen-bond donors (Lipinski definition) is 2. The summed E-state index contributed by atoms with van der Waals surface area (Å²) in [7, 11) is 1.40. The fourth-order valence-corrected chi connectivity index (χ4v) is 3.28. The van der Waals surface area contributed by atoms with E-state index in [1.165, 1.54) is 19.2 Å². The third-order valence-corrected chi connectivity index (χ3v) is 5.31. The van der Waals surface area contributed by atoms with Crippen LogP contribution in [0.3, 0.4) is 0 Å². The molecule has 0 atom stereocenters. The molecule has 0 aliphatic heterocycles. The highest BCUT2D eigenvalue weighted by Gasteiger charge is 2.24. The summed E-state index contributed by atoms with van der Waals surface area (Å²) in [6, 6.07) is 7.91. The number of ether oxygens (including phenoxy) is 2. The number of carbonyl (C=O) groups is 1. The van der Waals surface area contributed by atoms with E-state index in [-0.39, 0.29) is 30.3 Å². The first-order chi connectivity index (χ1) is 15.6. The number of hydrogen-bond acceptors (Lipinski definition) is 6. The Morgan fingerprint density at radius 1 is 1.25 bits per heavy atom. The number of aromatic nitrogens is 2. The molecule has 7 nitrogen and oxygen atoms in total. The van der Waals surface area contributed by atoms with Crippen molar-refractivity contribution in [2.45, 2.75) is 26.0 Å². The Balaban J connectivity index is 1.58. The number of nitrogens with one attached hydrogen (secondary N) is 1. The molecule has 1 aromatic carbocycles. The van der Waals surface area contributed by atoms with Crippen LogP contribution in [0.2, 0.25) is 0 Å². The second kappa shape index (κ2) is 9.74. The predicted octanol–water partition coefficient (Wildman–Crippen LogP) is 3.50. The largest absolute Gasteiger partial charge is 0.494 e. The number of benzene rings is 1. The van der Waals surface area contributed by atoms with Gasteiger partial charge in [0.05, 0.1) is 20.3 Å². The highest BCUT2D eigenvalue weighted by atomic mass is 19.1. The molecular formula is C24H24FN3O4. The summed E-state index contributed by atoms with van der Waals surface area (Å²) < 4.78 is 24.7. The molecule has 3 aromatic rings. The maximum absolute atomic E-state index is 14.0. The fourth-order valence-electron chi connectivity index (χ4n) is 3.28. The lowest BCUT2D eigenvalue weighted by molar-refractivity contribution is 0.0945. The number of amides is 1. The topological polar surface area (TPSA) is 93.6 Å². The van der Waals surface area contributed by atoms with Crippen molar-refractivity contribution < 1.29 is 23.8 Å². The van der Waals surface area contributed by atoms with Gasteiger partial charge in [0, 0.05) is 36.3 Å². The fraction of sp³-hybridized carbons (Fsp3) is 0.292. The molecule has 2 N–H and O–H groups in total. The first-order valence-corrected chi connectivity index (χ1v) is 10.4. The number of aliphatic hydroxyl groups excluding tert-OH is 1. The molecule has 0 bridgehead atoms. The van der Waals surface area contributed by atoms with Crippen molar-refractivity contribution in [3.8, 4) is 22.8 Å². The maximum Gasteiger partial charge on any atom is 0.257 e. The van der Waals surface area contributed by atoms with Crippen LogP contribution >= 0.6 is 0 Å². The smallest absolute Gasteiger partial charge is 0.257 e. The van der Waals surface area contributed by atoms with Crippen LogP contribution in [-0.4, -0.2) is 34.7 Å². The van der Waals surface area contributed by atoms with Gasteiger partial charge in [-0.25, -0.2) is 9.37 Å². The van der Waals surface area contributed by atoms with Gasteiger partial charge < -0.3 is 19.9 Å². The lowest BCUT2D eigenvalue weighted by atomic mass is 10.0. The highest BCUT2D eigenvalue weighted by Crippen LogP contribution is 2.31. The van der Waals surface area contributed by atoms with Crippen LogP contribution in [0.4, 0.5) is 4.39 Å². The Kier molecular flexibility index (Phi) is 6.61. The molecule has 1 saturated carbocycles. The summed E-state index contributed by atoms with van der Waals surface area (Å²) in [5, 5.41) is 12.4. The standard InChI is InChI=1S/C24H24FN3O4/c1-31-22-5-4-16(8-21(22)25)10-27-23(30)19-9-18(20-12-26-7-6-17(20)13-29)11-28-24(19)32-14-15-2-3-15/h4-9,11-12,15,29H,2-3,10,13-14H2,1H3,(H,27,30). The Labute approximate surface area is 185 Å². The zero-order valence-electron chi connectivity index (χ0n) is 17.7. The zero-order chi connectivity index (χ0) is 22.5. The van der Waals surface area contributed by atoms with E-state index in [1.807, 2.05) is 0 Å². The molecule has 0 spiro atoms. The van der Waals surface area contributed by atoms with E-state index in [0.29, 0.717) is 34.8 Å². The maximum atomic E-state index is 14.0. The van der Waals surface area contributed by atoms with Crippen molar-refractivity contribution in [1.82, 2.24) is 15.3 Å². The quantitative estimate of drug-likeness (QED) is 0.532. The van der Waals surface area contributed by atoms with Gasteiger partial charge in [-0.15, -0.1) is 0 Å². The number of methoxy groups -OCH3 is 1. The van der Waals surface area contributed by atoms with Gasteiger partial charge >= 0.3 is 0 Å². The molecule has 0 saturated heterocycles. The minimum Gasteiger partial charge on any atom is -0.494 e. The first-order valence-electron chi connectivity index (χ1n) is 10.4. The van der Waals surface area contributed by atoms with E-state index in [4.69, 9.17) is 9.47 Å². The number of halogens is 1. The lowest BCUT2D eigenvalue weighted by Crippen LogP contribution is -2.24. The summed E-state index contributed by atoms with van der Waals surface area (Å²) >= 11 is 0. The molecule has 8 heteroatoms. The Bertz CT molecular complexity index is 1120. The third-order valence-electron chi connectivity index (χ3n) is 5.31. The number of rotatable bonds is 9. The van der Waals surface area contributed by atoms with Crippen molar-refractivity contribution >= 4 is 5.91 Å². The normalized spacial score (nSPS) is 13.0. The molecule has 166 valence electrons. The van der Waals surface area contributed by atoms with Crippen LogP contribution in [0, 0.1) is 11.7 Å². The zero-order valence-corrected chi connectivity index (χ0v) is 17.7. The number of pyridine rings is 2. The summed E-state index contributed by atoms with van der Waals surface area (Å²) in [4.78, 5) is 21.5. The van der Waals surface area contributed by atoms with Crippen molar-refractivity contribution in [2.75, 3.05) is 13.7 Å². The second-order valence-corrected chi connectivity index (χ2v) is 7.67. The van der Waals surface area contributed by atoms with Gasteiger partial charge in [-0.2, -0.15) is 0 Å². The SMILES string of the molecule is COc1ccc(CNC(=O)c2cc(-c3cnccc3CO)cnc2OCC2CC2)cc1F. The van der Waals surface area contributed by atoms with Crippen molar-refractivity contribution in [3.05, 3.63) is 71.4 Å². The van der Waals surface area contributed by atoms with Crippen LogP contribution in [0.5, 0.6) is 11.6 Å². The summed E-state index contributed by atoms with van der Waals surface area (Å²) in [6.07, 6.45) is 7.04. The molecule has 0 unspecified atom stereocenters. The van der Waals surface area contributed by atoms with Crippen molar-refractivity contribution in [3.63, 3.8) is 0 Å². The number of aliphatic hydroxyl groups is 1. The second-order valence-electron chi connectivity index (χ2n) is 7.67. The Morgan fingerprint density at radius 3 is 2.81 bits per heavy atom. The van der Waals surface area contributed by atoms with E-state index in [2.05, 4.69) is 15.3 Å². The summed E-state index contributed by atoms with van der Waals surface area (Å²) in [6.45, 7) is 0.467. The molecule has 1 aliphatic carbocycles. The van der Waals surface area contributed by atoms with E-state index < -0.39 is 11.7 Å². The predicted molar refractivity (Wildman–Crippen MR) is 116 cm³/mol.